The highest BCUT2D eigenvalue weighted by molar-refractivity contribution is 5.75. The fraction of sp³-hybridized carbons (Fsp3) is 0.462. The minimum Gasteiger partial charge on any atom is -0.491 e. The van der Waals surface area contributed by atoms with Crippen LogP contribution in [0.25, 0.3) is 0 Å². The van der Waals surface area contributed by atoms with E-state index in [0.717, 1.165) is 6.29 Å². The zero-order chi connectivity index (χ0) is 12.5. The predicted molar refractivity (Wildman–Crippen MR) is 64.6 cm³/mol. The molecule has 1 unspecified atom stereocenters. The lowest BCUT2D eigenvalue weighted by Crippen LogP contribution is -2.18. The zero-order valence-electron chi connectivity index (χ0n) is 10.2. The molecule has 4 nitrogen and oxygen atoms in total. The van der Waals surface area contributed by atoms with Crippen molar-refractivity contribution in [2.75, 3.05) is 26.9 Å². The van der Waals surface area contributed by atoms with E-state index in [1.54, 1.807) is 25.3 Å². The van der Waals surface area contributed by atoms with Crippen molar-refractivity contribution in [3.05, 3.63) is 29.8 Å². The maximum Gasteiger partial charge on any atom is 0.150 e. The number of hydrogen-bond acceptors (Lipinski definition) is 4. The quantitative estimate of drug-likeness (QED) is 0.513. The molecule has 17 heavy (non-hydrogen) atoms. The molecule has 0 aliphatic heterocycles. The second-order valence-electron chi connectivity index (χ2n) is 3.68. The van der Waals surface area contributed by atoms with Gasteiger partial charge in [-0.2, -0.15) is 0 Å². The van der Waals surface area contributed by atoms with Crippen molar-refractivity contribution in [1.29, 1.82) is 0 Å². The summed E-state index contributed by atoms with van der Waals surface area (Å²) < 4.78 is 15.8. The third-order valence-electron chi connectivity index (χ3n) is 2.15. The van der Waals surface area contributed by atoms with Crippen molar-refractivity contribution in [2.45, 2.75) is 13.0 Å². The molecule has 0 fully saturated rings. The molecular weight excluding hydrogens is 220 g/mol. The van der Waals surface area contributed by atoms with E-state index < -0.39 is 0 Å². The molecule has 0 spiro atoms. The molecule has 94 valence electrons. The Labute approximate surface area is 101 Å². The fourth-order valence-corrected chi connectivity index (χ4v) is 1.37. The Morgan fingerprint density at radius 3 is 2.88 bits per heavy atom. The number of hydrogen-bond donors (Lipinski definition) is 0. The Hall–Kier alpha value is -1.39. The van der Waals surface area contributed by atoms with E-state index in [-0.39, 0.29) is 6.10 Å². The van der Waals surface area contributed by atoms with Crippen molar-refractivity contribution in [3.63, 3.8) is 0 Å². The Morgan fingerprint density at radius 1 is 1.35 bits per heavy atom. The molecule has 0 aliphatic rings. The molecule has 0 saturated carbocycles. The number of benzene rings is 1. The smallest absolute Gasteiger partial charge is 0.150 e. The molecule has 0 aromatic heterocycles. The standard InChI is InChI=1S/C13H18O4/c1-11(10-15-2)16-6-7-17-13-5-3-4-12(8-13)9-14/h3-5,8-9,11H,6-7,10H2,1-2H3. The van der Waals surface area contributed by atoms with Crippen LogP contribution in [0, 0.1) is 0 Å². The maximum absolute atomic E-state index is 10.6. The molecule has 4 heteroatoms. The van der Waals surface area contributed by atoms with Gasteiger partial charge in [0.2, 0.25) is 0 Å². The summed E-state index contributed by atoms with van der Waals surface area (Å²) in [7, 11) is 1.64. The van der Waals surface area contributed by atoms with E-state index in [4.69, 9.17) is 14.2 Å². The largest absolute Gasteiger partial charge is 0.491 e. The van der Waals surface area contributed by atoms with Gasteiger partial charge in [-0.3, -0.25) is 4.79 Å². The minimum atomic E-state index is 0.0601. The van der Waals surface area contributed by atoms with Crippen LogP contribution in [0.4, 0.5) is 0 Å². The first-order valence-corrected chi connectivity index (χ1v) is 5.55. The van der Waals surface area contributed by atoms with Gasteiger partial charge in [0, 0.05) is 12.7 Å². The van der Waals surface area contributed by atoms with E-state index >= 15 is 0 Å². The Balaban J connectivity index is 2.23. The molecule has 1 aromatic rings. The van der Waals surface area contributed by atoms with Gasteiger partial charge in [-0.15, -0.1) is 0 Å². The SMILES string of the molecule is COCC(C)OCCOc1cccc(C=O)c1. The highest BCUT2D eigenvalue weighted by Gasteiger charge is 2.01. The van der Waals surface area contributed by atoms with Gasteiger partial charge in [0.25, 0.3) is 0 Å². The van der Waals surface area contributed by atoms with E-state index in [1.807, 2.05) is 13.0 Å². The minimum absolute atomic E-state index is 0.0601. The third kappa shape index (κ3) is 5.47. The number of carbonyl (C=O) groups excluding carboxylic acids is 1. The normalized spacial score (nSPS) is 12.1. The summed E-state index contributed by atoms with van der Waals surface area (Å²) in [6.07, 6.45) is 0.856. The Kier molecular flexibility index (Phi) is 6.29. The van der Waals surface area contributed by atoms with Crippen LogP contribution in [0.2, 0.25) is 0 Å². The molecule has 1 rings (SSSR count). The number of carbonyl (C=O) groups is 1. The number of methoxy groups -OCH3 is 1. The number of ether oxygens (including phenoxy) is 3. The lowest BCUT2D eigenvalue weighted by Gasteiger charge is -2.12. The molecular formula is C13H18O4. The van der Waals surface area contributed by atoms with Gasteiger partial charge < -0.3 is 14.2 Å². The summed E-state index contributed by atoms with van der Waals surface area (Å²) in [5.41, 5.74) is 0.608. The predicted octanol–water partition coefficient (Wildman–Crippen LogP) is 1.93. The van der Waals surface area contributed by atoms with Crippen molar-refractivity contribution < 1.29 is 19.0 Å². The maximum atomic E-state index is 10.6. The molecule has 0 saturated heterocycles. The molecule has 0 bridgehead atoms. The summed E-state index contributed by atoms with van der Waals surface area (Å²) in [4.78, 5) is 10.6. The van der Waals surface area contributed by atoms with Crippen LogP contribution in [0.3, 0.4) is 0 Å². The second-order valence-corrected chi connectivity index (χ2v) is 3.68. The van der Waals surface area contributed by atoms with Crippen LogP contribution < -0.4 is 4.74 Å². The molecule has 1 atom stereocenters. The molecule has 0 N–H and O–H groups in total. The molecule has 0 amide bonds. The van der Waals surface area contributed by atoms with Crippen molar-refractivity contribution in [2.24, 2.45) is 0 Å². The second kappa shape index (κ2) is 7.81. The lowest BCUT2D eigenvalue weighted by atomic mass is 10.2. The first kappa shape index (κ1) is 13.7. The van der Waals surface area contributed by atoms with Crippen LogP contribution in [0.15, 0.2) is 24.3 Å². The first-order chi connectivity index (χ1) is 8.26. The molecule has 0 heterocycles. The van der Waals surface area contributed by atoms with Gasteiger partial charge in [0.05, 0.1) is 19.3 Å². The zero-order valence-corrected chi connectivity index (χ0v) is 10.2. The summed E-state index contributed by atoms with van der Waals surface area (Å²) in [6, 6.07) is 7.03. The Morgan fingerprint density at radius 2 is 2.18 bits per heavy atom. The van der Waals surface area contributed by atoms with Crippen LogP contribution >= 0.6 is 0 Å². The lowest BCUT2D eigenvalue weighted by molar-refractivity contribution is -0.00214. The monoisotopic (exact) mass is 238 g/mol. The van der Waals surface area contributed by atoms with Crippen LogP contribution in [-0.2, 0) is 9.47 Å². The highest BCUT2D eigenvalue weighted by Crippen LogP contribution is 2.11. The van der Waals surface area contributed by atoms with Crippen molar-refractivity contribution in [3.8, 4) is 5.75 Å². The van der Waals surface area contributed by atoms with E-state index in [1.165, 1.54) is 0 Å². The number of rotatable bonds is 8. The van der Waals surface area contributed by atoms with E-state index in [2.05, 4.69) is 0 Å². The fourth-order valence-electron chi connectivity index (χ4n) is 1.37. The highest BCUT2D eigenvalue weighted by atomic mass is 16.5. The van der Waals surface area contributed by atoms with Crippen molar-refractivity contribution in [1.82, 2.24) is 0 Å². The van der Waals surface area contributed by atoms with E-state index in [9.17, 15) is 4.79 Å². The summed E-state index contributed by atoms with van der Waals surface area (Å²) in [6.45, 7) is 3.46. The molecule has 0 radical (unpaired) electrons. The summed E-state index contributed by atoms with van der Waals surface area (Å²) in [5.74, 6) is 0.678. The average molecular weight is 238 g/mol. The third-order valence-corrected chi connectivity index (χ3v) is 2.15. The van der Waals surface area contributed by atoms with Gasteiger partial charge >= 0.3 is 0 Å². The van der Waals surface area contributed by atoms with Gasteiger partial charge in [-0.25, -0.2) is 0 Å². The number of aldehydes is 1. The van der Waals surface area contributed by atoms with Crippen molar-refractivity contribution >= 4 is 6.29 Å². The van der Waals surface area contributed by atoms with Crippen LogP contribution in [0.5, 0.6) is 5.75 Å². The molecule has 1 aromatic carbocycles. The van der Waals surface area contributed by atoms with Gasteiger partial charge in [0.15, 0.2) is 0 Å². The van der Waals surface area contributed by atoms with E-state index in [0.29, 0.717) is 31.1 Å². The van der Waals surface area contributed by atoms with Crippen LogP contribution in [-0.4, -0.2) is 39.3 Å². The summed E-state index contributed by atoms with van der Waals surface area (Å²) >= 11 is 0. The first-order valence-electron chi connectivity index (χ1n) is 5.55. The van der Waals surface area contributed by atoms with Gasteiger partial charge in [-0.05, 0) is 19.1 Å². The summed E-state index contributed by atoms with van der Waals surface area (Å²) in [5, 5.41) is 0. The van der Waals surface area contributed by atoms with Gasteiger partial charge in [0.1, 0.15) is 18.6 Å². The van der Waals surface area contributed by atoms with Crippen LogP contribution in [0.1, 0.15) is 17.3 Å². The topological polar surface area (TPSA) is 44.8 Å². The van der Waals surface area contributed by atoms with Gasteiger partial charge in [-0.1, -0.05) is 12.1 Å². The average Bonchev–Trinajstić information content (AvgIpc) is 2.35. The molecule has 0 aliphatic carbocycles. The Bertz CT molecular complexity index is 338.